The average Bonchev–Trinajstić information content (AvgIpc) is 3.99. The first-order valence-corrected chi connectivity index (χ1v) is 27.4. The maximum Gasteiger partial charge on any atom is 0.534 e. The molecule has 3 heterocycles. The van der Waals surface area contributed by atoms with Gasteiger partial charge in [-0.1, -0.05) is 114 Å². The van der Waals surface area contributed by atoms with E-state index in [4.69, 9.17) is 52.8 Å². The number of nitro benzene ring substituents is 2. The Morgan fingerprint density at radius 2 is 1.04 bits per heavy atom. The van der Waals surface area contributed by atoms with Crippen LogP contribution in [0, 0.1) is 65.7 Å². The van der Waals surface area contributed by atoms with E-state index in [-0.39, 0.29) is 48.4 Å². The molecule has 416 valence electrons. The van der Waals surface area contributed by atoms with Crippen molar-refractivity contribution < 1.29 is 35.6 Å². The first-order chi connectivity index (χ1) is 33.7. The molecule has 3 N–H and O–H groups in total. The number of fused-ring (bicyclic) bond motifs is 3. The maximum atomic E-state index is 12.1. The Hall–Kier alpha value is -5.08. The number of thiazole rings is 3. The van der Waals surface area contributed by atoms with Gasteiger partial charge in [0.2, 0.25) is 0 Å². The van der Waals surface area contributed by atoms with Gasteiger partial charge in [0.05, 0.1) is 55.6 Å². The molecule has 0 saturated heterocycles. The van der Waals surface area contributed by atoms with Gasteiger partial charge < -0.3 is 14.9 Å². The molecule has 0 bridgehead atoms. The number of rotatable bonds is 8. The van der Waals surface area contributed by atoms with Crippen LogP contribution >= 0.6 is 105 Å². The SMILES string of the molecule is C.C.C.C.C.Cc1cc([N+](=O)[O-])cc(Cl)c1OS(=O)(=O)C(F)(F)F.Cc1ccc2sc(=S)[nH]c2c1.Cc1ccc2sc(Sc3c(C)cc(N)cc3Cl)nc2c1.Cc1ccc2sc(Sc3c(C)cc([N+](=O)[O-])cc3Cl)nc2c1. The van der Waals surface area contributed by atoms with Crippen LogP contribution in [0.3, 0.4) is 0 Å². The Balaban J connectivity index is 0.000000513. The molecular weight excluding hydrogens is 1200 g/mol. The molecule has 6 aromatic carbocycles. The third kappa shape index (κ3) is 18.2. The van der Waals surface area contributed by atoms with Crippen molar-refractivity contribution in [3.8, 4) is 5.75 Å². The summed E-state index contributed by atoms with van der Waals surface area (Å²) in [4.78, 5) is 34.3. The van der Waals surface area contributed by atoms with E-state index in [0.29, 0.717) is 21.8 Å². The second kappa shape index (κ2) is 29.2. The number of nitrogens with one attached hydrogen (secondary N) is 1. The van der Waals surface area contributed by atoms with E-state index in [1.807, 2.05) is 32.9 Å². The highest BCUT2D eigenvalue weighted by Crippen LogP contribution is 2.43. The van der Waals surface area contributed by atoms with E-state index in [9.17, 15) is 41.8 Å². The molecule has 0 aliphatic rings. The number of halogens is 6. The molecule has 0 saturated carbocycles. The fourth-order valence-electron chi connectivity index (χ4n) is 6.28. The smallest absolute Gasteiger partial charge is 0.399 e. The molecule has 0 aliphatic heterocycles. The van der Waals surface area contributed by atoms with Crippen LogP contribution < -0.4 is 9.92 Å². The zero-order valence-electron chi connectivity index (χ0n) is 38.0. The minimum Gasteiger partial charge on any atom is -0.399 e. The molecule has 9 rings (SSSR count). The van der Waals surface area contributed by atoms with Crippen LogP contribution in [0.2, 0.25) is 15.1 Å². The second-order valence-electron chi connectivity index (χ2n) is 15.4. The zero-order chi connectivity index (χ0) is 53.0. The van der Waals surface area contributed by atoms with Crippen LogP contribution in [-0.2, 0) is 10.1 Å². The van der Waals surface area contributed by atoms with Gasteiger partial charge >= 0.3 is 15.6 Å². The summed E-state index contributed by atoms with van der Waals surface area (Å²) in [5.41, 5.74) is 8.82. The monoisotopic (exact) mass is 1250 g/mol. The second-order valence-corrected chi connectivity index (χ2v) is 24.5. The Kier molecular flexibility index (Phi) is 26.5. The normalized spacial score (nSPS) is 10.6. The van der Waals surface area contributed by atoms with Gasteiger partial charge in [0.15, 0.2) is 18.4 Å². The quantitative estimate of drug-likeness (QED) is 0.0364. The number of hydrogen-bond acceptors (Lipinski definition) is 16. The lowest BCUT2D eigenvalue weighted by Gasteiger charge is -2.12. The molecule has 0 amide bonds. The Morgan fingerprint density at radius 3 is 1.47 bits per heavy atom. The highest BCUT2D eigenvalue weighted by molar-refractivity contribution is 8.01. The van der Waals surface area contributed by atoms with E-state index in [1.165, 1.54) is 50.0 Å². The van der Waals surface area contributed by atoms with Crippen molar-refractivity contribution in [3.05, 3.63) is 164 Å². The van der Waals surface area contributed by atoms with Gasteiger partial charge in [-0.3, -0.25) is 20.2 Å². The predicted molar refractivity (Wildman–Crippen MR) is 324 cm³/mol. The summed E-state index contributed by atoms with van der Waals surface area (Å²) in [6.07, 6.45) is 0. The van der Waals surface area contributed by atoms with Crippen molar-refractivity contribution in [2.24, 2.45) is 0 Å². The number of benzene rings is 6. The molecule has 0 fully saturated rings. The van der Waals surface area contributed by atoms with Gasteiger partial charge in [-0.2, -0.15) is 21.6 Å². The molecule has 3 aromatic heterocycles. The first-order valence-electron chi connectivity index (χ1n) is 20.3. The zero-order valence-corrected chi connectivity index (χ0v) is 46.0. The molecule has 0 radical (unpaired) electrons. The number of nitrogens with zero attached hydrogens (tertiary/aromatic N) is 4. The van der Waals surface area contributed by atoms with Gasteiger partial charge in [-0.05, 0) is 130 Å². The molecule has 0 aliphatic carbocycles. The number of hydrogen-bond donors (Lipinski definition) is 2. The van der Waals surface area contributed by atoms with Crippen molar-refractivity contribution in [3.63, 3.8) is 0 Å². The van der Waals surface area contributed by atoms with Crippen LogP contribution in [0.25, 0.3) is 30.6 Å². The first kappa shape index (κ1) is 69.9. The largest absolute Gasteiger partial charge is 0.534 e. The minimum absolute atomic E-state index is 0. The Labute approximate surface area is 486 Å². The molecule has 0 spiro atoms. The summed E-state index contributed by atoms with van der Waals surface area (Å²) in [7, 11) is -5.88. The van der Waals surface area contributed by atoms with Gasteiger partial charge in [0.25, 0.3) is 11.4 Å². The van der Waals surface area contributed by atoms with E-state index >= 15 is 0 Å². The lowest BCUT2D eigenvalue weighted by Crippen LogP contribution is -2.28. The van der Waals surface area contributed by atoms with Crippen molar-refractivity contribution in [2.45, 2.75) is 103 Å². The van der Waals surface area contributed by atoms with E-state index in [0.717, 1.165) is 67.8 Å². The van der Waals surface area contributed by atoms with E-state index in [1.54, 1.807) is 51.8 Å². The molecule has 0 atom stereocenters. The summed E-state index contributed by atoms with van der Waals surface area (Å²) in [5.74, 6) is -0.801. The number of nitrogen functional groups attached to an aromatic ring is 1. The topological polar surface area (TPSA) is 197 Å². The number of non-ortho nitro benzene ring substituents is 2. The van der Waals surface area contributed by atoms with Crippen molar-refractivity contribution in [2.75, 3.05) is 5.73 Å². The third-order valence-electron chi connectivity index (χ3n) is 9.58. The number of aryl methyl sites for hydroxylation is 6. The molecule has 9 aromatic rings. The van der Waals surface area contributed by atoms with Crippen LogP contribution in [0.5, 0.6) is 5.75 Å². The fraction of sp³-hybridized carbons (Fsp3) is 0.235. The number of aromatic nitrogens is 3. The van der Waals surface area contributed by atoms with E-state index in [2.05, 4.69) is 81.5 Å². The highest BCUT2D eigenvalue weighted by atomic mass is 35.5. The van der Waals surface area contributed by atoms with Crippen LogP contribution in [0.15, 0.2) is 109 Å². The molecule has 26 heteroatoms. The summed E-state index contributed by atoms with van der Waals surface area (Å²) in [6.45, 7) is 11.1. The van der Waals surface area contributed by atoms with Crippen LogP contribution in [0.4, 0.5) is 30.2 Å². The van der Waals surface area contributed by atoms with Gasteiger partial charge in [-0.25, -0.2) is 9.97 Å². The number of aromatic amines is 1. The molecule has 13 nitrogen and oxygen atoms in total. The van der Waals surface area contributed by atoms with Gasteiger partial charge in [0, 0.05) is 45.3 Å². The van der Waals surface area contributed by atoms with Gasteiger partial charge in [-0.15, -0.1) is 34.0 Å². The van der Waals surface area contributed by atoms with Crippen LogP contribution in [0.1, 0.15) is 70.5 Å². The molecular formula is C51H56Cl3F3N6O7S7. The standard InChI is InChI=1S/C15H11ClN2O2S2.C15H13ClN2S2.C8H5ClF3NO5S.C8H7NS2.5CH4/c1-8-3-4-13-12(5-8)17-15(21-13)22-14-9(2)6-10(18(19)20)7-11(14)16;1-8-3-4-13-12(5-8)18-15(19-13)20-14-9(2)6-10(17)7-11(14)16;1-4-2-5(13(14)15)3-6(9)7(4)18-19(16,17)8(10,11)12;1-5-2-3-7-6(4-5)9-8(10)11-7;;;;;/h3-7H,1-2H3;3-7H,17H2,1-2H3;2-3H,1H3;2-4H,1H3,(H,9,10);5*1H4. The number of nitro groups is 2. The van der Waals surface area contributed by atoms with Crippen molar-refractivity contribution in [1.82, 2.24) is 15.0 Å². The fourth-order valence-corrected chi connectivity index (χ4v) is 13.1. The van der Waals surface area contributed by atoms with Crippen molar-refractivity contribution >= 4 is 162 Å². The lowest BCUT2D eigenvalue weighted by atomic mass is 10.2. The van der Waals surface area contributed by atoms with Crippen molar-refractivity contribution in [1.29, 1.82) is 0 Å². The molecule has 77 heavy (non-hydrogen) atoms. The number of nitrogens with two attached hydrogens (primary N) is 1. The van der Waals surface area contributed by atoms with Gasteiger partial charge in [0.1, 0.15) is 0 Å². The Bertz CT molecular complexity index is 3650. The summed E-state index contributed by atoms with van der Waals surface area (Å²) < 4.78 is 68.1. The number of anilines is 1. The highest BCUT2D eigenvalue weighted by Gasteiger charge is 2.49. The van der Waals surface area contributed by atoms with Crippen LogP contribution in [-0.4, -0.2) is 38.7 Å². The summed E-state index contributed by atoms with van der Waals surface area (Å²) >= 11 is 30.9. The number of H-pyrrole nitrogens is 1. The lowest BCUT2D eigenvalue weighted by molar-refractivity contribution is -0.385. The average molecular weight is 1250 g/mol. The minimum atomic E-state index is -5.88. The Morgan fingerprint density at radius 1 is 0.623 bits per heavy atom. The number of alkyl halides is 3. The summed E-state index contributed by atoms with van der Waals surface area (Å²) in [6, 6.07) is 27.0. The summed E-state index contributed by atoms with van der Waals surface area (Å²) in [5, 5.41) is 21.8. The molecule has 0 unspecified atom stereocenters. The third-order valence-corrected chi connectivity index (χ3v) is 17.5. The van der Waals surface area contributed by atoms with E-state index < -0.39 is 41.9 Å². The maximum absolute atomic E-state index is 12.1. The predicted octanol–water partition coefficient (Wildman–Crippen LogP) is 20.2.